The van der Waals surface area contributed by atoms with E-state index in [9.17, 15) is 4.79 Å². The number of carbonyl (C=O) groups is 1. The van der Waals surface area contributed by atoms with Crippen LogP contribution in [0.1, 0.15) is 18.3 Å². The van der Waals surface area contributed by atoms with Crippen LogP contribution in [0.2, 0.25) is 0 Å². The number of anilines is 1. The average Bonchev–Trinajstić information content (AvgIpc) is 2.88. The lowest BCUT2D eigenvalue weighted by molar-refractivity contribution is -0.133. The zero-order valence-electron chi connectivity index (χ0n) is 13.7. The molecule has 0 aliphatic carbocycles. The molecule has 0 unspecified atom stereocenters. The molecular formula is C17H22N4O2. The molecule has 0 spiro atoms. The van der Waals surface area contributed by atoms with Crippen molar-refractivity contribution in [1.29, 1.82) is 0 Å². The highest BCUT2D eigenvalue weighted by Gasteiger charge is 2.25. The fourth-order valence-corrected chi connectivity index (χ4v) is 2.64. The van der Waals surface area contributed by atoms with Crippen LogP contribution in [0.4, 0.5) is 5.69 Å². The summed E-state index contributed by atoms with van der Waals surface area (Å²) < 4.78 is 7.67. The van der Waals surface area contributed by atoms with Crippen molar-refractivity contribution in [3.05, 3.63) is 42.0 Å². The average molecular weight is 314 g/mol. The molecule has 0 saturated carbocycles. The summed E-state index contributed by atoms with van der Waals surface area (Å²) in [6, 6.07) is 7.71. The van der Waals surface area contributed by atoms with Crippen molar-refractivity contribution in [3.8, 4) is 5.69 Å². The minimum absolute atomic E-state index is 0.0503. The first kappa shape index (κ1) is 15.7. The molecule has 2 atom stereocenters. The van der Waals surface area contributed by atoms with Crippen molar-refractivity contribution >= 4 is 11.6 Å². The van der Waals surface area contributed by atoms with Gasteiger partial charge in [0.05, 0.1) is 18.1 Å². The van der Waals surface area contributed by atoms with Gasteiger partial charge in [-0.1, -0.05) is 0 Å². The van der Waals surface area contributed by atoms with E-state index in [1.165, 1.54) is 0 Å². The predicted octanol–water partition coefficient (Wildman–Crippen LogP) is 1.80. The lowest BCUT2D eigenvalue weighted by Crippen LogP contribution is -2.48. The smallest absolute Gasteiger partial charge is 0.254 e. The van der Waals surface area contributed by atoms with Crippen LogP contribution in [-0.4, -0.2) is 40.8 Å². The Morgan fingerprint density at radius 1 is 1.30 bits per heavy atom. The summed E-state index contributed by atoms with van der Waals surface area (Å²) in [5.41, 5.74) is 3.90. The number of morpholine rings is 1. The van der Waals surface area contributed by atoms with Gasteiger partial charge < -0.3 is 19.9 Å². The molecule has 2 aromatic rings. The maximum Gasteiger partial charge on any atom is 0.254 e. The van der Waals surface area contributed by atoms with Crippen LogP contribution in [0.3, 0.4) is 0 Å². The standard InChI is InChI=1S/C17H22N4O2/c1-11-8-18-9-16(23-11)17(22)20-14-4-6-15(7-5-14)21-10-19-12(2)13(21)3/h4-7,10-11,16,18H,8-9H2,1-3H3,(H,20,22)/t11-,16+/m1/s1. The third-order valence-corrected chi connectivity index (χ3v) is 4.12. The number of hydrogen-bond acceptors (Lipinski definition) is 4. The number of carbonyl (C=O) groups excluding carboxylic acids is 1. The van der Waals surface area contributed by atoms with Gasteiger partial charge in [-0.25, -0.2) is 4.98 Å². The molecule has 2 heterocycles. The SMILES string of the molecule is Cc1ncn(-c2ccc(NC(=O)[C@@H]3CNC[C@@H](C)O3)cc2)c1C. The second kappa shape index (κ2) is 6.52. The zero-order valence-corrected chi connectivity index (χ0v) is 13.7. The van der Waals surface area contributed by atoms with Gasteiger partial charge in [-0.3, -0.25) is 4.79 Å². The fourth-order valence-electron chi connectivity index (χ4n) is 2.64. The summed E-state index contributed by atoms with van der Waals surface area (Å²) in [5, 5.41) is 6.10. The summed E-state index contributed by atoms with van der Waals surface area (Å²) in [6.07, 6.45) is 1.41. The van der Waals surface area contributed by atoms with Gasteiger partial charge in [0.1, 0.15) is 6.10 Å². The van der Waals surface area contributed by atoms with Crippen LogP contribution in [0.25, 0.3) is 5.69 Å². The Morgan fingerprint density at radius 2 is 2.04 bits per heavy atom. The van der Waals surface area contributed by atoms with E-state index >= 15 is 0 Å². The van der Waals surface area contributed by atoms with Gasteiger partial charge in [0.2, 0.25) is 0 Å². The number of nitrogens with one attached hydrogen (secondary N) is 2. The van der Waals surface area contributed by atoms with E-state index in [2.05, 4.69) is 15.6 Å². The molecule has 1 fully saturated rings. The topological polar surface area (TPSA) is 68.2 Å². The Balaban J connectivity index is 1.68. The minimum Gasteiger partial charge on any atom is -0.363 e. The number of hydrogen-bond donors (Lipinski definition) is 2. The maximum atomic E-state index is 12.2. The largest absolute Gasteiger partial charge is 0.363 e. The molecule has 23 heavy (non-hydrogen) atoms. The van der Waals surface area contributed by atoms with Crippen molar-refractivity contribution in [1.82, 2.24) is 14.9 Å². The molecule has 0 radical (unpaired) electrons. The Kier molecular flexibility index (Phi) is 4.45. The first-order valence-corrected chi connectivity index (χ1v) is 7.82. The highest BCUT2D eigenvalue weighted by atomic mass is 16.5. The van der Waals surface area contributed by atoms with Crippen LogP contribution < -0.4 is 10.6 Å². The van der Waals surface area contributed by atoms with Crippen LogP contribution in [0, 0.1) is 13.8 Å². The lowest BCUT2D eigenvalue weighted by Gasteiger charge is -2.27. The number of rotatable bonds is 3. The fraction of sp³-hybridized carbons (Fsp3) is 0.412. The van der Waals surface area contributed by atoms with Crippen molar-refractivity contribution in [3.63, 3.8) is 0 Å². The highest BCUT2D eigenvalue weighted by Crippen LogP contribution is 2.17. The molecule has 1 aliphatic heterocycles. The van der Waals surface area contributed by atoms with Crippen LogP contribution in [0.5, 0.6) is 0 Å². The Morgan fingerprint density at radius 3 is 2.65 bits per heavy atom. The zero-order chi connectivity index (χ0) is 16.4. The van der Waals surface area contributed by atoms with E-state index in [1.807, 2.05) is 49.6 Å². The molecule has 1 aromatic heterocycles. The maximum absolute atomic E-state index is 12.2. The number of imidazole rings is 1. The first-order chi connectivity index (χ1) is 11.0. The summed E-state index contributed by atoms with van der Waals surface area (Å²) >= 11 is 0. The van der Waals surface area contributed by atoms with Gasteiger partial charge in [0, 0.05) is 30.2 Å². The van der Waals surface area contributed by atoms with E-state index in [0.717, 1.165) is 29.3 Å². The number of amides is 1. The third-order valence-electron chi connectivity index (χ3n) is 4.12. The monoisotopic (exact) mass is 314 g/mol. The van der Waals surface area contributed by atoms with Gasteiger partial charge >= 0.3 is 0 Å². The molecule has 1 aromatic carbocycles. The molecule has 122 valence electrons. The van der Waals surface area contributed by atoms with Gasteiger partial charge in [-0.15, -0.1) is 0 Å². The quantitative estimate of drug-likeness (QED) is 0.906. The first-order valence-electron chi connectivity index (χ1n) is 7.82. The van der Waals surface area contributed by atoms with Crippen LogP contribution in [0.15, 0.2) is 30.6 Å². The number of ether oxygens (including phenoxy) is 1. The second-order valence-corrected chi connectivity index (χ2v) is 5.92. The normalized spacial score (nSPS) is 21.2. The Bertz CT molecular complexity index is 693. The van der Waals surface area contributed by atoms with Crippen molar-refractivity contribution in [2.45, 2.75) is 33.0 Å². The van der Waals surface area contributed by atoms with Crippen molar-refractivity contribution in [2.24, 2.45) is 0 Å². The summed E-state index contributed by atoms with van der Waals surface area (Å²) in [6.45, 7) is 7.30. The van der Waals surface area contributed by atoms with E-state index in [1.54, 1.807) is 6.33 Å². The Labute approximate surface area is 135 Å². The summed E-state index contributed by atoms with van der Waals surface area (Å²) in [7, 11) is 0. The molecule has 1 saturated heterocycles. The van der Waals surface area contributed by atoms with E-state index in [0.29, 0.717) is 6.54 Å². The van der Waals surface area contributed by atoms with Crippen molar-refractivity contribution in [2.75, 3.05) is 18.4 Å². The van der Waals surface area contributed by atoms with Crippen LogP contribution in [-0.2, 0) is 9.53 Å². The van der Waals surface area contributed by atoms with E-state index < -0.39 is 6.10 Å². The predicted molar refractivity (Wildman–Crippen MR) is 88.9 cm³/mol. The molecular weight excluding hydrogens is 292 g/mol. The molecule has 6 nitrogen and oxygen atoms in total. The molecule has 6 heteroatoms. The highest BCUT2D eigenvalue weighted by molar-refractivity contribution is 5.94. The van der Waals surface area contributed by atoms with E-state index in [4.69, 9.17) is 4.74 Å². The van der Waals surface area contributed by atoms with Gasteiger partial charge in [0.15, 0.2) is 0 Å². The van der Waals surface area contributed by atoms with Crippen LogP contribution >= 0.6 is 0 Å². The molecule has 3 rings (SSSR count). The second-order valence-electron chi connectivity index (χ2n) is 5.92. The summed E-state index contributed by atoms with van der Waals surface area (Å²) in [4.78, 5) is 16.5. The van der Waals surface area contributed by atoms with Gasteiger partial charge in [-0.2, -0.15) is 0 Å². The minimum atomic E-state index is -0.447. The third kappa shape index (κ3) is 3.43. The lowest BCUT2D eigenvalue weighted by atomic mass is 10.2. The van der Waals surface area contributed by atoms with E-state index in [-0.39, 0.29) is 12.0 Å². The number of aryl methyl sites for hydroxylation is 1. The molecule has 0 bridgehead atoms. The number of aromatic nitrogens is 2. The Hall–Kier alpha value is -2.18. The summed E-state index contributed by atoms with van der Waals surface area (Å²) in [5.74, 6) is -0.119. The van der Waals surface area contributed by atoms with Gasteiger partial charge in [0.25, 0.3) is 5.91 Å². The number of benzene rings is 1. The molecule has 1 aliphatic rings. The molecule has 2 N–H and O–H groups in total. The van der Waals surface area contributed by atoms with Gasteiger partial charge in [-0.05, 0) is 45.0 Å². The number of nitrogens with zero attached hydrogens (tertiary/aromatic N) is 2. The molecule has 1 amide bonds. The van der Waals surface area contributed by atoms with Crippen molar-refractivity contribution < 1.29 is 9.53 Å².